The molecule has 3 rings (SSSR count). The summed E-state index contributed by atoms with van der Waals surface area (Å²) in [5.74, 6) is -0.448. The normalized spacial score (nSPS) is 12.0. The van der Waals surface area contributed by atoms with E-state index in [1.807, 2.05) is 60.7 Å². The molecule has 1 amide bonds. The van der Waals surface area contributed by atoms with Crippen LogP contribution in [0.25, 0.3) is 0 Å². The van der Waals surface area contributed by atoms with E-state index in [1.54, 1.807) is 18.2 Å². The molecule has 0 aliphatic heterocycles. The van der Waals surface area contributed by atoms with Gasteiger partial charge in [0.15, 0.2) is 0 Å². The molecule has 3 aromatic rings. The predicted octanol–water partition coefficient (Wildman–Crippen LogP) is 3.99. The summed E-state index contributed by atoms with van der Waals surface area (Å²) in [6, 6.07) is 25.4. The lowest BCUT2D eigenvalue weighted by Gasteiger charge is -2.21. The van der Waals surface area contributed by atoms with E-state index >= 15 is 0 Å². The molecule has 0 spiro atoms. The number of nitrogens with two attached hydrogens (primary N) is 1. The molecular formula is C23H23FN2O. The Labute approximate surface area is 159 Å². The summed E-state index contributed by atoms with van der Waals surface area (Å²) in [5, 5.41) is 3.07. The Morgan fingerprint density at radius 2 is 1.37 bits per heavy atom. The fourth-order valence-corrected chi connectivity index (χ4v) is 3.13. The maximum absolute atomic E-state index is 13.8. The third-order valence-corrected chi connectivity index (χ3v) is 4.46. The van der Waals surface area contributed by atoms with Crippen molar-refractivity contribution in [2.75, 3.05) is 0 Å². The first kappa shape index (κ1) is 18.8. The molecule has 3 N–H and O–H groups in total. The third kappa shape index (κ3) is 5.25. The molecule has 0 heterocycles. The molecule has 0 fully saturated rings. The number of carbonyl (C=O) groups excluding carboxylic acids is 1. The molecule has 4 heteroatoms. The lowest BCUT2D eigenvalue weighted by molar-refractivity contribution is -0.121. The van der Waals surface area contributed by atoms with Crippen LogP contribution in [0, 0.1) is 5.82 Å². The Kier molecular flexibility index (Phi) is 6.34. The quantitative estimate of drug-likeness (QED) is 0.668. The molecule has 1 atom stereocenters. The molecule has 3 nitrogen and oxygen atoms in total. The van der Waals surface area contributed by atoms with E-state index in [0.717, 1.165) is 11.1 Å². The van der Waals surface area contributed by atoms with Gasteiger partial charge in [-0.25, -0.2) is 4.39 Å². The zero-order valence-corrected chi connectivity index (χ0v) is 15.0. The minimum atomic E-state index is -0.450. The minimum absolute atomic E-state index is 0.129. The number of hydrogen-bond acceptors (Lipinski definition) is 2. The Morgan fingerprint density at radius 1 is 0.852 bits per heavy atom. The van der Waals surface area contributed by atoms with Gasteiger partial charge < -0.3 is 11.1 Å². The van der Waals surface area contributed by atoms with Gasteiger partial charge in [0.05, 0.1) is 6.04 Å². The van der Waals surface area contributed by atoms with Gasteiger partial charge in [-0.15, -0.1) is 0 Å². The van der Waals surface area contributed by atoms with Crippen LogP contribution in [0.4, 0.5) is 4.39 Å². The van der Waals surface area contributed by atoms with Crippen molar-refractivity contribution in [3.8, 4) is 0 Å². The summed E-state index contributed by atoms with van der Waals surface area (Å²) >= 11 is 0. The molecular weight excluding hydrogens is 339 g/mol. The lowest BCUT2D eigenvalue weighted by atomic mass is 9.98. The van der Waals surface area contributed by atoms with E-state index in [9.17, 15) is 9.18 Å². The van der Waals surface area contributed by atoms with E-state index in [-0.39, 0.29) is 24.2 Å². The first-order chi connectivity index (χ1) is 13.1. The van der Waals surface area contributed by atoms with Crippen LogP contribution in [0.2, 0.25) is 0 Å². The summed E-state index contributed by atoms with van der Waals surface area (Å²) in [6.45, 7) is 0. The van der Waals surface area contributed by atoms with Gasteiger partial charge in [-0.3, -0.25) is 4.79 Å². The Bertz CT molecular complexity index is 828. The molecule has 138 valence electrons. The van der Waals surface area contributed by atoms with Crippen molar-refractivity contribution in [1.82, 2.24) is 5.32 Å². The molecule has 0 aromatic heterocycles. The number of halogens is 1. The molecule has 0 aliphatic carbocycles. The molecule has 27 heavy (non-hydrogen) atoms. The number of benzene rings is 3. The average Bonchev–Trinajstić information content (AvgIpc) is 2.69. The first-order valence-corrected chi connectivity index (χ1v) is 9.01. The molecule has 0 radical (unpaired) electrons. The lowest BCUT2D eigenvalue weighted by Crippen LogP contribution is -2.35. The second-order valence-electron chi connectivity index (χ2n) is 6.58. The van der Waals surface area contributed by atoms with E-state index in [4.69, 9.17) is 5.73 Å². The summed E-state index contributed by atoms with van der Waals surface area (Å²) in [6.07, 6.45) is 0.450. The van der Waals surface area contributed by atoms with Crippen LogP contribution in [0.5, 0.6) is 0 Å². The fourth-order valence-electron chi connectivity index (χ4n) is 3.13. The highest BCUT2D eigenvalue weighted by molar-refractivity contribution is 5.77. The zero-order valence-electron chi connectivity index (χ0n) is 15.0. The minimum Gasteiger partial charge on any atom is -0.345 e. The highest BCUT2D eigenvalue weighted by atomic mass is 19.1. The van der Waals surface area contributed by atoms with Gasteiger partial charge in [0.2, 0.25) is 5.91 Å². The van der Waals surface area contributed by atoms with Crippen molar-refractivity contribution in [2.45, 2.75) is 24.9 Å². The number of rotatable bonds is 7. The number of hydrogen-bond donors (Lipinski definition) is 2. The second-order valence-corrected chi connectivity index (χ2v) is 6.58. The summed E-state index contributed by atoms with van der Waals surface area (Å²) < 4.78 is 13.8. The van der Waals surface area contributed by atoms with Crippen LogP contribution in [0.3, 0.4) is 0 Å². The second kappa shape index (κ2) is 9.10. The largest absolute Gasteiger partial charge is 0.345 e. The van der Waals surface area contributed by atoms with E-state index in [0.29, 0.717) is 12.0 Å². The first-order valence-electron chi connectivity index (χ1n) is 9.01. The van der Waals surface area contributed by atoms with Gasteiger partial charge >= 0.3 is 0 Å². The Morgan fingerprint density at radius 3 is 1.93 bits per heavy atom. The third-order valence-electron chi connectivity index (χ3n) is 4.46. The van der Waals surface area contributed by atoms with Gasteiger partial charge in [0, 0.05) is 12.5 Å². The van der Waals surface area contributed by atoms with Crippen LogP contribution in [0.15, 0.2) is 84.9 Å². The van der Waals surface area contributed by atoms with E-state index < -0.39 is 6.04 Å². The number of amides is 1. The Hall–Kier alpha value is -2.98. The maximum atomic E-state index is 13.8. The van der Waals surface area contributed by atoms with E-state index in [1.165, 1.54) is 6.07 Å². The van der Waals surface area contributed by atoms with Gasteiger partial charge in [-0.05, 0) is 29.2 Å². The van der Waals surface area contributed by atoms with Crippen molar-refractivity contribution in [2.24, 2.45) is 5.73 Å². The van der Waals surface area contributed by atoms with Crippen molar-refractivity contribution < 1.29 is 9.18 Å². The Balaban J connectivity index is 1.69. The maximum Gasteiger partial charge on any atom is 0.222 e. The molecule has 0 saturated carbocycles. The predicted molar refractivity (Wildman–Crippen MR) is 106 cm³/mol. The molecule has 0 aliphatic rings. The molecule has 0 saturated heterocycles. The van der Waals surface area contributed by atoms with Gasteiger partial charge in [-0.1, -0.05) is 78.9 Å². The van der Waals surface area contributed by atoms with Crippen molar-refractivity contribution >= 4 is 5.91 Å². The highest BCUT2D eigenvalue weighted by Gasteiger charge is 2.19. The number of nitrogens with one attached hydrogen (secondary N) is 1. The highest BCUT2D eigenvalue weighted by Crippen LogP contribution is 2.22. The van der Waals surface area contributed by atoms with Crippen molar-refractivity contribution in [3.05, 3.63) is 107 Å². The van der Waals surface area contributed by atoms with Crippen molar-refractivity contribution in [1.29, 1.82) is 0 Å². The van der Waals surface area contributed by atoms with Crippen LogP contribution in [0.1, 0.15) is 29.2 Å². The van der Waals surface area contributed by atoms with E-state index in [2.05, 4.69) is 5.32 Å². The van der Waals surface area contributed by atoms with Gasteiger partial charge in [0.1, 0.15) is 5.82 Å². The zero-order chi connectivity index (χ0) is 19.1. The SMILES string of the molecule is N[C@@H](CC(=O)NC(c1ccccc1)c1ccccc1)Cc1ccccc1F. The monoisotopic (exact) mass is 362 g/mol. The summed E-state index contributed by atoms with van der Waals surface area (Å²) in [7, 11) is 0. The van der Waals surface area contributed by atoms with Crippen molar-refractivity contribution in [3.63, 3.8) is 0 Å². The molecule has 0 bridgehead atoms. The van der Waals surface area contributed by atoms with Crippen LogP contribution in [-0.4, -0.2) is 11.9 Å². The topological polar surface area (TPSA) is 55.1 Å². The molecule has 3 aromatic carbocycles. The summed E-state index contributed by atoms with van der Waals surface area (Å²) in [5.41, 5.74) is 8.63. The summed E-state index contributed by atoms with van der Waals surface area (Å²) in [4.78, 5) is 12.6. The van der Waals surface area contributed by atoms with Crippen LogP contribution >= 0.6 is 0 Å². The van der Waals surface area contributed by atoms with Gasteiger partial charge in [-0.2, -0.15) is 0 Å². The number of carbonyl (C=O) groups is 1. The van der Waals surface area contributed by atoms with Gasteiger partial charge in [0.25, 0.3) is 0 Å². The smallest absolute Gasteiger partial charge is 0.222 e. The average molecular weight is 362 g/mol. The standard InChI is InChI=1S/C23H23FN2O/c24-21-14-8-7-13-19(21)15-20(25)16-22(27)26-23(17-9-3-1-4-10-17)18-11-5-2-6-12-18/h1-14,20,23H,15-16,25H2,(H,26,27)/t20-/m1/s1. The van der Waals surface area contributed by atoms with Crippen LogP contribution < -0.4 is 11.1 Å². The molecule has 0 unspecified atom stereocenters. The fraction of sp³-hybridized carbons (Fsp3) is 0.174. The van der Waals surface area contributed by atoms with Crippen LogP contribution in [-0.2, 0) is 11.2 Å².